The largest absolute Gasteiger partial charge is 0.497 e. The van der Waals surface area contributed by atoms with Crippen molar-refractivity contribution in [2.24, 2.45) is 0 Å². The number of rotatable bonds is 13. The molecule has 0 saturated carbocycles. The smallest absolute Gasteiger partial charge is 0.119 e. The molecule has 0 fully saturated rings. The maximum atomic E-state index is 5.13. The molecular formula is C21H33O. The first kappa shape index (κ1) is 18.8. The summed E-state index contributed by atoms with van der Waals surface area (Å²) in [6.45, 7) is 2.28. The molecule has 0 heterocycles. The first-order chi connectivity index (χ1) is 10.9. The standard InChI is InChI=1S/C21H33O/c1-3-4-5-6-7-8-9-10-11-12-13-14-15-20-16-18-21(22-2)19-17-20/h14-16,18-19H,3-13H2,1-2H3. The van der Waals surface area contributed by atoms with Gasteiger partial charge in [-0.25, -0.2) is 0 Å². The molecule has 1 aromatic rings. The molecular weight excluding hydrogens is 268 g/mol. The zero-order chi connectivity index (χ0) is 15.9. The lowest BCUT2D eigenvalue weighted by Gasteiger charge is -2.01. The number of allylic oxidation sites excluding steroid dienone is 1. The van der Waals surface area contributed by atoms with Crippen LogP contribution in [0.5, 0.6) is 5.75 Å². The Morgan fingerprint density at radius 1 is 0.909 bits per heavy atom. The molecule has 0 bridgehead atoms. The number of ether oxygens (including phenoxy) is 1. The van der Waals surface area contributed by atoms with Crippen molar-refractivity contribution in [2.75, 3.05) is 7.11 Å². The van der Waals surface area contributed by atoms with Gasteiger partial charge in [0, 0.05) is 0 Å². The van der Waals surface area contributed by atoms with Crippen molar-refractivity contribution in [3.63, 3.8) is 0 Å². The lowest BCUT2D eigenvalue weighted by atomic mass is 10.1. The highest BCUT2D eigenvalue weighted by molar-refractivity contribution is 5.49. The van der Waals surface area contributed by atoms with Gasteiger partial charge in [-0.1, -0.05) is 82.9 Å². The highest BCUT2D eigenvalue weighted by atomic mass is 16.5. The van der Waals surface area contributed by atoms with E-state index in [9.17, 15) is 0 Å². The second kappa shape index (κ2) is 13.4. The summed E-state index contributed by atoms with van der Waals surface area (Å²) in [5.41, 5.74) is 1.13. The molecule has 0 unspecified atom stereocenters. The molecule has 1 nitrogen and oxygen atoms in total. The van der Waals surface area contributed by atoms with E-state index in [1.165, 1.54) is 70.6 Å². The van der Waals surface area contributed by atoms with Crippen LogP contribution in [0.1, 0.15) is 83.1 Å². The fraction of sp³-hybridized carbons (Fsp3) is 0.619. The topological polar surface area (TPSA) is 9.23 Å². The van der Waals surface area contributed by atoms with Gasteiger partial charge >= 0.3 is 0 Å². The Hall–Kier alpha value is -1.24. The van der Waals surface area contributed by atoms with Gasteiger partial charge in [0.25, 0.3) is 0 Å². The van der Waals surface area contributed by atoms with E-state index in [-0.39, 0.29) is 0 Å². The molecule has 0 amide bonds. The van der Waals surface area contributed by atoms with Gasteiger partial charge in [0.2, 0.25) is 0 Å². The van der Waals surface area contributed by atoms with Gasteiger partial charge in [0.05, 0.1) is 7.11 Å². The van der Waals surface area contributed by atoms with Crippen molar-refractivity contribution in [2.45, 2.75) is 77.6 Å². The van der Waals surface area contributed by atoms with E-state index in [2.05, 4.69) is 25.1 Å². The minimum atomic E-state index is 0.867. The van der Waals surface area contributed by atoms with E-state index in [1.807, 2.05) is 18.2 Å². The zero-order valence-electron chi connectivity index (χ0n) is 14.6. The third kappa shape index (κ3) is 9.65. The maximum Gasteiger partial charge on any atom is 0.119 e. The average molecular weight is 301 g/mol. The minimum absolute atomic E-state index is 0.867. The van der Waals surface area contributed by atoms with E-state index in [1.54, 1.807) is 7.11 Å². The number of methoxy groups -OCH3 is 1. The van der Waals surface area contributed by atoms with Crippen LogP contribution in [0.3, 0.4) is 0 Å². The SMILES string of the molecule is CCCCCCCCCCCCC=Cc1[c]cc(OC)cc1. The first-order valence-corrected chi connectivity index (χ1v) is 9.09. The van der Waals surface area contributed by atoms with E-state index in [0.717, 1.165) is 11.3 Å². The lowest BCUT2D eigenvalue weighted by molar-refractivity contribution is 0.414. The van der Waals surface area contributed by atoms with E-state index < -0.39 is 0 Å². The molecule has 0 aromatic heterocycles. The van der Waals surface area contributed by atoms with Gasteiger partial charge in [0.1, 0.15) is 5.75 Å². The van der Waals surface area contributed by atoms with Gasteiger partial charge in [0.15, 0.2) is 0 Å². The van der Waals surface area contributed by atoms with Crippen LogP contribution in [0, 0.1) is 6.07 Å². The van der Waals surface area contributed by atoms with Crippen molar-refractivity contribution >= 4 is 6.08 Å². The highest BCUT2D eigenvalue weighted by Crippen LogP contribution is 2.13. The molecule has 0 spiro atoms. The Morgan fingerprint density at radius 3 is 2.09 bits per heavy atom. The monoisotopic (exact) mass is 301 g/mol. The molecule has 0 saturated heterocycles. The van der Waals surface area contributed by atoms with E-state index >= 15 is 0 Å². The minimum Gasteiger partial charge on any atom is -0.497 e. The van der Waals surface area contributed by atoms with Crippen molar-refractivity contribution in [1.82, 2.24) is 0 Å². The molecule has 1 aromatic carbocycles. The molecule has 1 heteroatoms. The van der Waals surface area contributed by atoms with Crippen LogP contribution in [0.25, 0.3) is 6.08 Å². The fourth-order valence-electron chi connectivity index (χ4n) is 2.61. The number of hydrogen-bond donors (Lipinski definition) is 0. The van der Waals surface area contributed by atoms with Gasteiger partial charge in [-0.2, -0.15) is 0 Å². The van der Waals surface area contributed by atoms with Crippen LogP contribution in [-0.2, 0) is 0 Å². The zero-order valence-corrected chi connectivity index (χ0v) is 14.6. The quantitative estimate of drug-likeness (QED) is 0.363. The Morgan fingerprint density at radius 2 is 1.55 bits per heavy atom. The van der Waals surface area contributed by atoms with Crippen LogP contribution in [-0.4, -0.2) is 7.11 Å². The van der Waals surface area contributed by atoms with E-state index in [4.69, 9.17) is 4.74 Å². The molecule has 1 rings (SSSR count). The Kier molecular flexibility index (Phi) is 11.5. The van der Waals surface area contributed by atoms with Gasteiger partial charge in [-0.3, -0.25) is 0 Å². The summed E-state index contributed by atoms with van der Waals surface area (Å²) in [5.74, 6) is 0.867. The summed E-state index contributed by atoms with van der Waals surface area (Å²) < 4.78 is 5.13. The fourth-order valence-corrected chi connectivity index (χ4v) is 2.61. The normalized spacial score (nSPS) is 11.2. The van der Waals surface area contributed by atoms with Gasteiger partial charge in [-0.15, -0.1) is 0 Å². The van der Waals surface area contributed by atoms with Crippen LogP contribution < -0.4 is 4.74 Å². The van der Waals surface area contributed by atoms with Crippen molar-refractivity contribution in [3.05, 3.63) is 35.9 Å². The highest BCUT2D eigenvalue weighted by Gasteiger charge is 1.93. The van der Waals surface area contributed by atoms with E-state index in [0.29, 0.717) is 0 Å². The molecule has 22 heavy (non-hydrogen) atoms. The lowest BCUT2D eigenvalue weighted by Crippen LogP contribution is -1.82. The summed E-state index contributed by atoms with van der Waals surface area (Å²) in [6.07, 6.45) is 19.6. The number of unbranched alkanes of at least 4 members (excludes halogenated alkanes) is 10. The van der Waals surface area contributed by atoms with Gasteiger partial charge < -0.3 is 4.74 Å². The summed E-state index contributed by atoms with van der Waals surface area (Å²) in [4.78, 5) is 0. The van der Waals surface area contributed by atoms with Crippen LogP contribution in [0.15, 0.2) is 24.3 Å². The summed E-state index contributed by atoms with van der Waals surface area (Å²) in [6, 6.07) is 9.14. The van der Waals surface area contributed by atoms with Crippen molar-refractivity contribution < 1.29 is 4.74 Å². The Labute approximate surface area is 137 Å². The van der Waals surface area contributed by atoms with Crippen molar-refractivity contribution in [1.29, 1.82) is 0 Å². The molecule has 0 aliphatic heterocycles. The first-order valence-electron chi connectivity index (χ1n) is 9.09. The second-order valence-electron chi connectivity index (χ2n) is 6.06. The summed E-state index contributed by atoms with van der Waals surface area (Å²) >= 11 is 0. The number of benzene rings is 1. The van der Waals surface area contributed by atoms with Crippen LogP contribution in [0.4, 0.5) is 0 Å². The van der Waals surface area contributed by atoms with Crippen LogP contribution >= 0.6 is 0 Å². The Balaban J connectivity index is 1.93. The summed E-state index contributed by atoms with van der Waals surface area (Å²) in [7, 11) is 1.68. The average Bonchev–Trinajstić information content (AvgIpc) is 2.56. The van der Waals surface area contributed by atoms with Gasteiger partial charge in [-0.05, 0) is 36.6 Å². The predicted molar refractivity (Wildman–Crippen MR) is 97.3 cm³/mol. The third-order valence-corrected chi connectivity index (χ3v) is 4.07. The summed E-state index contributed by atoms with van der Waals surface area (Å²) in [5, 5.41) is 0. The number of hydrogen-bond acceptors (Lipinski definition) is 1. The second-order valence-corrected chi connectivity index (χ2v) is 6.06. The molecule has 0 atom stereocenters. The molecule has 1 radical (unpaired) electrons. The maximum absolute atomic E-state index is 5.13. The predicted octanol–water partition coefficient (Wildman–Crippen LogP) is 6.82. The van der Waals surface area contributed by atoms with Crippen LogP contribution in [0.2, 0.25) is 0 Å². The molecule has 0 aliphatic rings. The third-order valence-electron chi connectivity index (χ3n) is 4.07. The molecule has 0 N–H and O–H groups in total. The molecule has 123 valence electrons. The molecule has 0 aliphatic carbocycles. The van der Waals surface area contributed by atoms with Crippen molar-refractivity contribution in [3.8, 4) is 5.75 Å². The Bertz CT molecular complexity index is 377.